The minimum absolute atomic E-state index is 0.141. The molecule has 4 rings (SSSR count). The Hall–Kier alpha value is -3.23. The van der Waals surface area contributed by atoms with Crippen molar-refractivity contribution in [3.8, 4) is 11.4 Å². The van der Waals surface area contributed by atoms with Crippen LogP contribution in [-0.4, -0.2) is 50.0 Å². The molecule has 1 saturated heterocycles. The second kappa shape index (κ2) is 7.65. The molecular weight excluding hydrogens is 372 g/mol. The Kier molecular flexibility index (Phi) is 5.04. The molecule has 29 heavy (non-hydrogen) atoms. The number of aryl methyl sites for hydroxylation is 1. The second-order valence-corrected chi connectivity index (χ2v) is 7.65. The Morgan fingerprint density at radius 1 is 1.21 bits per heavy atom. The number of hydrogen-bond donors (Lipinski definition) is 3. The standard InChI is InChI=1S/C20H24N6O3/c1-13-21-17(25-24-13)14-6-8-15(9-7-14)22-16(27)5-4-12-26-18(28)20(23-19(26)29)10-2-3-11-20/h6-9H,2-5,10-12H2,1H3,(H,22,27)(H,23,29)(H,21,24,25). The van der Waals surface area contributed by atoms with Gasteiger partial charge in [-0.15, -0.1) is 0 Å². The molecule has 2 aliphatic rings. The Balaban J connectivity index is 1.26. The van der Waals surface area contributed by atoms with Gasteiger partial charge in [0.1, 0.15) is 11.4 Å². The topological polar surface area (TPSA) is 120 Å². The number of anilines is 1. The molecule has 4 amide bonds. The summed E-state index contributed by atoms with van der Waals surface area (Å²) in [6, 6.07) is 6.93. The third-order valence-corrected chi connectivity index (χ3v) is 5.51. The number of aromatic amines is 1. The van der Waals surface area contributed by atoms with Crippen LogP contribution in [0.4, 0.5) is 10.5 Å². The van der Waals surface area contributed by atoms with E-state index in [2.05, 4.69) is 25.8 Å². The molecule has 0 radical (unpaired) electrons. The van der Waals surface area contributed by atoms with Crippen LogP contribution in [0, 0.1) is 6.92 Å². The molecule has 152 valence electrons. The van der Waals surface area contributed by atoms with Crippen LogP contribution >= 0.6 is 0 Å². The van der Waals surface area contributed by atoms with Crippen molar-refractivity contribution in [3.05, 3.63) is 30.1 Å². The number of amides is 4. The van der Waals surface area contributed by atoms with Crippen molar-refractivity contribution in [1.82, 2.24) is 25.4 Å². The first kappa shape index (κ1) is 19.1. The van der Waals surface area contributed by atoms with Crippen LogP contribution in [0.3, 0.4) is 0 Å². The molecule has 2 aromatic rings. The van der Waals surface area contributed by atoms with E-state index in [1.54, 1.807) is 12.1 Å². The molecule has 0 bridgehead atoms. The normalized spacial score (nSPS) is 17.8. The van der Waals surface area contributed by atoms with Gasteiger partial charge >= 0.3 is 6.03 Å². The zero-order valence-electron chi connectivity index (χ0n) is 16.3. The third-order valence-electron chi connectivity index (χ3n) is 5.51. The maximum Gasteiger partial charge on any atom is 0.325 e. The Morgan fingerprint density at radius 2 is 1.93 bits per heavy atom. The number of carbonyl (C=O) groups is 3. The van der Waals surface area contributed by atoms with Gasteiger partial charge in [0.05, 0.1) is 0 Å². The van der Waals surface area contributed by atoms with E-state index in [4.69, 9.17) is 0 Å². The lowest BCUT2D eigenvalue weighted by atomic mass is 9.98. The van der Waals surface area contributed by atoms with Crippen molar-refractivity contribution in [3.63, 3.8) is 0 Å². The molecule has 0 unspecified atom stereocenters. The fraction of sp³-hybridized carbons (Fsp3) is 0.450. The summed E-state index contributed by atoms with van der Waals surface area (Å²) in [5, 5.41) is 12.6. The largest absolute Gasteiger partial charge is 0.326 e. The fourth-order valence-corrected chi connectivity index (χ4v) is 3.99. The van der Waals surface area contributed by atoms with Crippen molar-refractivity contribution >= 4 is 23.5 Å². The van der Waals surface area contributed by atoms with Crippen LogP contribution in [-0.2, 0) is 9.59 Å². The van der Waals surface area contributed by atoms with Gasteiger partial charge in [-0.1, -0.05) is 12.8 Å². The number of imide groups is 1. The minimum Gasteiger partial charge on any atom is -0.326 e. The van der Waals surface area contributed by atoms with E-state index in [-0.39, 0.29) is 30.8 Å². The van der Waals surface area contributed by atoms with Gasteiger partial charge in [-0.2, -0.15) is 5.10 Å². The van der Waals surface area contributed by atoms with E-state index in [1.165, 1.54) is 4.90 Å². The SMILES string of the molecule is Cc1nc(-c2ccc(NC(=O)CCCN3C(=O)NC4(CCCC4)C3=O)cc2)n[nH]1. The minimum atomic E-state index is -0.692. The number of carbonyl (C=O) groups excluding carboxylic acids is 3. The van der Waals surface area contributed by atoms with Gasteiger partial charge < -0.3 is 10.6 Å². The van der Waals surface area contributed by atoms with Gasteiger partial charge in [-0.25, -0.2) is 9.78 Å². The highest BCUT2D eigenvalue weighted by molar-refractivity contribution is 6.07. The van der Waals surface area contributed by atoms with Gasteiger partial charge in [0, 0.05) is 24.2 Å². The third kappa shape index (κ3) is 3.85. The molecule has 1 saturated carbocycles. The summed E-state index contributed by atoms with van der Waals surface area (Å²) in [5.74, 6) is 1.04. The first-order chi connectivity index (χ1) is 14.0. The lowest BCUT2D eigenvalue weighted by molar-refractivity contribution is -0.131. The van der Waals surface area contributed by atoms with E-state index in [9.17, 15) is 14.4 Å². The van der Waals surface area contributed by atoms with Gasteiger partial charge in [-0.3, -0.25) is 19.6 Å². The first-order valence-electron chi connectivity index (χ1n) is 9.90. The van der Waals surface area contributed by atoms with E-state index < -0.39 is 5.54 Å². The smallest absolute Gasteiger partial charge is 0.325 e. The van der Waals surface area contributed by atoms with Crippen LogP contribution in [0.2, 0.25) is 0 Å². The summed E-state index contributed by atoms with van der Waals surface area (Å²) in [5.41, 5.74) is 0.834. The summed E-state index contributed by atoms with van der Waals surface area (Å²) in [6.45, 7) is 2.08. The highest BCUT2D eigenvalue weighted by Crippen LogP contribution is 2.35. The van der Waals surface area contributed by atoms with Crippen molar-refractivity contribution in [2.45, 2.75) is 51.0 Å². The zero-order chi connectivity index (χ0) is 20.4. The first-order valence-corrected chi connectivity index (χ1v) is 9.90. The number of hydrogen-bond acceptors (Lipinski definition) is 5. The van der Waals surface area contributed by atoms with E-state index in [0.717, 1.165) is 24.2 Å². The highest BCUT2D eigenvalue weighted by atomic mass is 16.2. The average Bonchev–Trinajstić information content (AvgIpc) is 3.40. The number of H-pyrrole nitrogens is 1. The molecule has 1 aromatic heterocycles. The van der Waals surface area contributed by atoms with E-state index in [1.807, 2.05) is 19.1 Å². The quantitative estimate of drug-likeness (QED) is 0.648. The highest BCUT2D eigenvalue weighted by Gasteiger charge is 2.51. The average molecular weight is 396 g/mol. The molecule has 0 atom stereocenters. The maximum absolute atomic E-state index is 12.6. The van der Waals surface area contributed by atoms with Crippen LogP contribution in [0.25, 0.3) is 11.4 Å². The molecule has 2 heterocycles. The van der Waals surface area contributed by atoms with Gasteiger partial charge in [0.2, 0.25) is 5.91 Å². The number of nitrogens with one attached hydrogen (secondary N) is 3. The maximum atomic E-state index is 12.6. The molecule has 2 fully saturated rings. The van der Waals surface area contributed by atoms with Crippen LogP contribution in [0.5, 0.6) is 0 Å². The Labute approximate surface area is 168 Å². The predicted molar refractivity (Wildman–Crippen MR) is 106 cm³/mol. The predicted octanol–water partition coefficient (Wildman–Crippen LogP) is 2.36. The van der Waals surface area contributed by atoms with Crippen molar-refractivity contribution in [2.24, 2.45) is 0 Å². The number of urea groups is 1. The molecule has 3 N–H and O–H groups in total. The van der Waals surface area contributed by atoms with Gasteiger partial charge in [-0.05, 0) is 50.5 Å². The van der Waals surface area contributed by atoms with Crippen LogP contribution in [0.15, 0.2) is 24.3 Å². The number of benzene rings is 1. The molecule has 1 aliphatic carbocycles. The summed E-state index contributed by atoms with van der Waals surface area (Å²) in [4.78, 5) is 42.5. The van der Waals surface area contributed by atoms with Crippen molar-refractivity contribution in [2.75, 3.05) is 11.9 Å². The van der Waals surface area contributed by atoms with Crippen LogP contribution < -0.4 is 10.6 Å². The molecule has 1 aromatic carbocycles. The summed E-state index contributed by atoms with van der Waals surface area (Å²) in [7, 11) is 0. The summed E-state index contributed by atoms with van der Waals surface area (Å²) in [6.07, 6.45) is 3.98. The molecule has 9 nitrogen and oxygen atoms in total. The van der Waals surface area contributed by atoms with E-state index in [0.29, 0.717) is 30.8 Å². The monoisotopic (exact) mass is 396 g/mol. The van der Waals surface area contributed by atoms with Crippen molar-refractivity contribution in [1.29, 1.82) is 0 Å². The summed E-state index contributed by atoms with van der Waals surface area (Å²) < 4.78 is 0. The fourth-order valence-electron chi connectivity index (χ4n) is 3.99. The lowest BCUT2D eigenvalue weighted by Crippen LogP contribution is -2.44. The summed E-state index contributed by atoms with van der Waals surface area (Å²) >= 11 is 0. The van der Waals surface area contributed by atoms with Crippen LogP contribution in [0.1, 0.15) is 44.3 Å². The molecular formula is C20H24N6O3. The number of nitrogens with zero attached hydrogens (tertiary/aromatic N) is 3. The molecule has 1 aliphatic heterocycles. The van der Waals surface area contributed by atoms with Crippen molar-refractivity contribution < 1.29 is 14.4 Å². The Bertz CT molecular complexity index is 930. The lowest BCUT2D eigenvalue weighted by Gasteiger charge is -2.19. The van der Waals surface area contributed by atoms with Gasteiger partial charge in [0.15, 0.2) is 5.82 Å². The molecule has 1 spiro atoms. The second-order valence-electron chi connectivity index (χ2n) is 7.65. The number of rotatable bonds is 6. The zero-order valence-corrected chi connectivity index (χ0v) is 16.3. The number of aromatic nitrogens is 3. The van der Waals surface area contributed by atoms with E-state index >= 15 is 0 Å². The van der Waals surface area contributed by atoms with Gasteiger partial charge in [0.25, 0.3) is 5.91 Å². The Morgan fingerprint density at radius 3 is 2.59 bits per heavy atom. The molecule has 9 heteroatoms.